The maximum absolute atomic E-state index is 9.45. The Hall–Kier alpha value is -3.99. The van der Waals surface area contributed by atoms with E-state index >= 15 is 0 Å². The third-order valence-electron chi connectivity index (χ3n) is 4.99. The van der Waals surface area contributed by atoms with Gasteiger partial charge in [0, 0.05) is 42.7 Å². The summed E-state index contributed by atoms with van der Waals surface area (Å²) in [5.74, 6) is 1.13. The lowest BCUT2D eigenvalue weighted by Crippen LogP contribution is -2.14. The van der Waals surface area contributed by atoms with E-state index in [2.05, 4.69) is 21.3 Å². The summed E-state index contributed by atoms with van der Waals surface area (Å²) in [5.41, 5.74) is 11.0. The van der Waals surface area contributed by atoms with Crippen molar-refractivity contribution in [3.8, 4) is 11.8 Å². The van der Waals surface area contributed by atoms with Crippen molar-refractivity contribution in [2.24, 2.45) is 0 Å². The Morgan fingerprint density at radius 3 is 2.61 bits per heavy atom. The van der Waals surface area contributed by atoms with Gasteiger partial charge >= 0.3 is 0 Å². The number of aryl methyl sites for hydroxylation is 2. The number of nitrogens with two attached hydrogens (primary N) is 1. The number of pyridine rings is 1. The van der Waals surface area contributed by atoms with Gasteiger partial charge in [0.15, 0.2) is 0 Å². The predicted molar refractivity (Wildman–Crippen MR) is 121 cm³/mol. The monoisotopic (exact) mass is 415 g/mol. The van der Waals surface area contributed by atoms with Crippen LogP contribution < -0.4 is 15.4 Å². The zero-order valence-corrected chi connectivity index (χ0v) is 18.3. The van der Waals surface area contributed by atoms with Crippen LogP contribution in [0, 0.1) is 30.6 Å². The van der Waals surface area contributed by atoms with Crippen LogP contribution in [0.3, 0.4) is 0 Å². The molecule has 2 aromatic heterocycles. The molecule has 0 saturated heterocycles. The molecule has 0 saturated carbocycles. The molecule has 0 amide bonds. The van der Waals surface area contributed by atoms with Crippen LogP contribution in [0.25, 0.3) is 0 Å². The van der Waals surface area contributed by atoms with E-state index in [-0.39, 0.29) is 11.8 Å². The highest BCUT2D eigenvalue weighted by atomic mass is 16.5. The summed E-state index contributed by atoms with van der Waals surface area (Å²) in [4.78, 5) is 6.09. The van der Waals surface area contributed by atoms with E-state index in [0.717, 1.165) is 16.8 Å². The first-order chi connectivity index (χ1) is 14.7. The molecule has 3 aromatic rings. The second-order valence-electron chi connectivity index (χ2n) is 7.51. The number of nitrogens with zero attached hydrogens (tertiary/aromatic N) is 5. The summed E-state index contributed by atoms with van der Waals surface area (Å²) in [6.45, 7) is 5.82. The van der Waals surface area contributed by atoms with E-state index < -0.39 is 0 Å². The minimum absolute atomic E-state index is 0.169. The average molecular weight is 416 g/mol. The number of hydrogen-bond donors (Lipinski definition) is 2. The van der Waals surface area contributed by atoms with Crippen molar-refractivity contribution >= 4 is 17.2 Å². The Morgan fingerprint density at radius 2 is 1.97 bits per heavy atom. The molecule has 0 unspecified atom stereocenters. The van der Waals surface area contributed by atoms with Gasteiger partial charge in [-0.05, 0) is 50.6 Å². The van der Waals surface area contributed by atoms with Crippen LogP contribution in [0.1, 0.15) is 46.5 Å². The molecule has 1 aromatic carbocycles. The lowest BCUT2D eigenvalue weighted by Gasteiger charge is -2.19. The van der Waals surface area contributed by atoms with Crippen molar-refractivity contribution in [1.29, 1.82) is 10.7 Å². The average Bonchev–Trinajstić information content (AvgIpc) is 2.73. The standard InChI is InChI=1S/C23H25N7O/c1-13-11-28-29-14(2)21(13)15(3)31-18-6-7-20(25)19(9-18)22(26)17-8-16(10-24)23(27-12-17)30(4)5/h6-9,11-12,15,26H,25H2,1-5H3/t15-/m1/s1. The largest absolute Gasteiger partial charge is 0.486 e. The minimum atomic E-state index is -0.257. The van der Waals surface area contributed by atoms with Gasteiger partial charge in [0.1, 0.15) is 23.7 Å². The lowest BCUT2D eigenvalue weighted by atomic mass is 10.0. The molecule has 8 heteroatoms. The molecule has 0 aliphatic rings. The number of hydrogen-bond acceptors (Lipinski definition) is 8. The number of rotatable bonds is 6. The van der Waals surface area contributed by atoms with Gasteiger partial charge in [0.2, 0.25) is 0 Å². The number of nitrogens with one attached hydrogen (secondary N) is 1. The smallest absolute Gasteiger partial charge is 0.146 e. The molecule has 3 N–H and O–H groups in total. The molecule has 0 fully saturated rings. The van der Waals surface area contributed by atoms with Crippen molar-refractivity contribution in [1.82, 2.24) is 15.2 Å². The van der Waals surface area contributed by atoms with Gasteiger partial charge in [-0.15, -0.1) is 0 Å². The molecule has 0 radical (unpaired) electrons. The topological polar surface area (TPSA) is 125 Å². The Morgan fingerprint density at radius 1 is 1.23 bits per heavy atom. The van der Waals surface area contributed by atoms with Gasteiger partial charge in [0.05, 0.1) is 23.2 Å². The lowest BCUT2D eigenvalue weighted by molar-refractivity contribution is 0.224. The van der Waals surface area contributed by atoms with E-state index in [1.54, 1.807) is 41.6 Å². The highest BCUT2D eigenvalue weighted by Crippen LogP contribution is 2.29. The first-order valence-electron chi connectivity index (χ1n) is 9.74. The molecule has 158 valence electrons. The van der Waals surface area contributed by atoms with Crippen LogP contribution >= 0.6 is 0 Å². The number of benzene rings is 1. The van der Waals surface area contributed by atoms with Gasteiger partial charge in [-0.2, -0.15) is 15.5 Å². The van der Waals surface area contributed by atoms with E-state index in [4.69, 9.17) is 15.9 Å². The van der Waals surface area contributed by atoms with Crippen LogP contribution in [-0.2, 0) is 0 Å². The summed E-state index contributed by atoms with van der Waals surface area (Å²) in [6, 6.07) is 9.01. The molecule has 1 atom stereocenters. The molecule has 3 rings (SSSR count). The Kier molecular flexibility index (Phi) is 6.16. The molecular formula is C23H25N7O. The second-order valence-corrected chi connectivity index (χ2v) is 7.51. The maximum Gasteiger partial charge on any atom is 0.146 e. The van der Waals surface area contributed by atoms with Crippen molar-refractivity contribution in [3.63, 3.8) is 0 Å². The Bertz CT molecular complexity index is 1160. The summed E-state index contributed by atoms with van der Waals surface area (Å²) in [6.07, 6.45) is 3.03. The van der Waals surface area contributed by atoms with E-state index in [1.165, 1.54) is 0 Å². The molecule has 0 aliphatic carbocycles. The van der Waals surface area contributed by atoms with Gasteiger partial charge in [-0.3, -0.25) is 5.41 Å². The van der Waals surface area contributed by atoms with Crippen molar-refractivity contribution in [2.75, 3.05) is 24.7 Å². The maximum atomic E-state index is 9.45. The first-order valence-corrected chi connectivity index (χ1v) is 9.74. The van der Waals surface area contributed by atoms with Crippen molar-refractivity contribution < 1.29 is 4.74 Å². The fourth-order valence-corrected chi connectivity index (χ4v) is 3.50. The summed E-state index contributed by atoms with van der Waals surface area (Å²) >= 11 is 0. The molecule has 0 aliphatic heterocycles. The van der Waals surface area contributed by atoms with Gasteiger partial charge < -0.3 is 15.4 Å². The predicted octanol–water partition coefficient (Wildman–Crippen LogP) is 3.56. The Balaban J connectivity index is 1.93. The fourth-order valence-electron chi connectivity index (χ4n) is 3.50. The number of aromatic nitrogens is 3. The van der Waals surface area contributed by atoms with Crippen LogP contribution in [0.5, 0.6) is 5.75 Å². The van der Waals surface area contributed by atoms with Gasteiger partial charge in [0.25, 0.3) is 0 Å². The van der Waals surface area contributed by atoms with Gasteiger partial charge in [-0.25, -0.2) is 4.98 Å². The molecule has 0 spiro atoms. The fraction of sp³-hybridized carbons (Fsp3) is 0.261. The zero-order valence-electron chi connectivity index (χ0n) is 18.3. The molecule has 2 heterocycles. The Labute approximate surface area is 181 Å². The zero-order chi connectivity index (χ0) is 22.7. The van der Waals surface area contributed by atoms with E-state index in [1.807, 2.05) is 34.9 Å². The van der Waals surface area contributed by atoms with Crippen LogP contribution in [0.15, 0.2) is 36.7 Å². The first kappa shape index (κ1) is 21.7. The van der Waals surface area contributed by atoms with E-state index in [0.29, 0.717) is 33.9 Å². The highest BCUT2D eigenvalue weighted by Gasteiger charge is 2.17. The SMILES string of the molecule is Cc1cnnc(C)c1[C@@H](C)Oc1ccc(N)c(C(=N)c2cnc(N(C)C)c(C#N)c2)c1. The summed E-state index contributed by atoms with van der Waals surface area (Å²) in [7, 11) is 3.63. The number of ether oxygens (including phenoxy) is 1. The third kappa shape index (κ3) is 4.46. The van der Waals surface area contributed by atoms with Gasteiger partial charge in [-0.1, -0.05) is 0 Å². The minimum Gasteiger partial charge on any atom is -0.486 e. The van der Waals surface area contributed by atoms with Crippen molar-refractivity contribution in [2.45, 2.75) is 26.9 Å². The number of anilines is 2. The molecular weight excluding hydrogens is 390 g/mol. The van der Waals surface area contributed by atoms with E-state index in [9.17, 15) is 5.26 Å². The normalized spacial score (nSPS) is 11.5. The quantitative estimate of drug-likeness (QED) is 0.466. The summed E-state index contributed by atoms with van der Waals surface area (Å²) < 4.78 is 6.14. The number of nitrogen functional groups attached to an aromatic ring is 1. The number of nitriles is 1. The molecule has 0 bridgehead atoms. The molecule has 8 nitrogen and oxygen atoms in total. The molecule has 31 heavy (non-hydrogen) atoms. The second kappa shape index (κ2) is 8.79. The van der Waals surface area contributed by atoms with Crippen LogP contribution in [-0.4, -0.2) is 35.0 Å². The van der Waals surface area contributed by atoms with Crippen molar-refractivity contribution in [3.05, 3.63) is 70.2 Å². The highest BCUT2D eigenvalue weighted by molar-refractivity contribution is 6.14. The van der Waals surface area contributed by atoms with Crippen LogP contribution in [0.2, 0.25) is 0 Å². The van der Waals surface area contributed by atoms with Crippen LogP contribution in [0.4, 0.5) is 11.5 Å². The third-order valence-corrected chi connectivity index (χ3v) is 4.99. The summed E-state index contributed by atoms with van der Waals surface area (Å²) in [5, 5.41) is 26.2.